The van der Waals surface area contributed by atoms with Gasteiger partial charge in [0.05, 0.1) is 5.41 Å². The molecule has 1 heterocycles. The van der Waals surface area contributed by atoms with E-state index in [0.29, 0.717) is 25.2 Å². The molecule has 0 N–H and O–H groups in total. The van der Waals surface area contributed by atoms with Crippen LogP contribution in [-0.2, 0) is 10.2 Å². The Bertz CT molecular complexity index is 847. The number of benzene rings is 2. The first-order chi connectivity index (χ1) is 13.6. The summed E-state index contributed by atoms with van der Waals surface area (Å²) in [6.45, 7) is 2.62. The van der Waals surface area contributed by atoms with Crippen molar-refractivity contribution in [2.45, 2.75) is 31.1 Å². The summed E-state index contributed by atoms with van der Waals surface area (Å²) < 4.78 is 1.03. The molecule has 4 rings (SSSR count). The third-order valence-electron chi connectivity index (χ3n) is 6.10. The molecule has 2 aromatic carbocycles. The Labute approximate surface area is 174 Å². The van der Waals surface area contributed by atoms with Crippen molar-refractivity contribution in [2.75, 3.05) is 26.2 Å². The largest absolute Gasteiger partial charge is 0.340 e. The zero-order valence-corrected chi connectivity index (χ0v) is 17.5. The molecule has 0 unspecified atom stereocenters. The van der Waals surface area contributed by atoms with Crippen molar-refractivity contribution in [1.82, 2.24) is 9.80 Å². The molecular formula is C23H25BrN2O2. The average molecular weight is 441 g/mol. The van der Waals surface area contributed by atoms with E-state index in [-0.39, 0.29) is 17.2 Å². The first-order valence-electron chi connectivity index (χ1n) is 10.00. The van der Waals surface area contributed by atoms with Crippen LogP contribution < -0.4 is 0 Å². The predicted octanol–water partition coefficient (Wildman–Crippen LogP) is 4.25. The second-order valence-electron chi connectivity index (χ2n) is 7.75. The van der Waals surface area contributed by atoms with Crippen LogP contribution in [0.3, 0.4) is 0 Å². The molecule has 0 spiro atoms. The van der Waals surface area contributed by atoms with Crippen molar-refractivity contribution in [3.05, 3.63) is 70.2 Å². The number of carbonyl (C=O) groups excluding carboxylic acids is 2. The molecule has 5 heteroatoms. The fourth-order valence-electron chi connectivity index (χ4n) is 4.31. The Balaban J connectivity index is 1.47. The van der Waals surface area contributed by atoms with Gasteiger partial charge in [0, 0.05) is 36.2 Å². The van der Waals surface area contributed by atoms with Crippen LogP contribution in [-0.4, -0.2) is 47.8 Å². The first-order valence-corrected chi connectivity index (χ1v) is 10.8. The zero-order valence-electron chi connectivity index (χ0n) is 15.9. The Morgan fingerprint density at radius 2 is 1.43 bits per heavy atom. The Morgan fingerprint density at radius 1 is 0.786 bits per heavy atom. The molecule has 2 fully saturated rings. The second-order valence-corrected chi connectivity index (χ2v) is 8.66. The minimum Gasteiger partial charge on any atom is -0.340 e. The van der Waals surface area contributed by atoms with Gasteiger partial charge in [-0.05, 0) is 49.1 Å². The van der Waals surface area contributed by atoms with Gasteiger partial charge in [0.25, 0.3) is 5.91 Å². The number of amides is 2. The van der Waals surface area contributed by atoms with Crippen molar-refractivity contribution in [2.24, 2.45) is 0 Å². The molecule has 2 aromatic rings. The van der Waals surface area contributed by atoms with Gasteiger partial charge in [-0.2, -0.15) is 0 Å². The van der Waals surface area contributed by atoms with E-state index in [2.05, 4.69) is 28.1 Å². The number of nitrogens with zero attached hydrogens (tertiary/aromatic N) is 2. The number of hydrogen-bond acceptors (Lipinski definition) is 2. The molecule has 28 heavy (non-hydrogen) atoms. The van der Waals surface area contributed by atoms with Crippen LogP contribution in [0.15, 0.2) is 59.1 Å². The van der Waals surface area contributed by atoms with Crippen LogP contribution >= 0.6 is 15.9 Å². The zero-order chi connectivity index (χ0) is 19.6. The van der Waals surface area contributed by atoms with E-state index in [4.69, 9.17) is 0 Å². The van der Waals surface area contributed by atoms with Crippen LogP contribution in [0, 0.1) is 0 Å². The van der Waals surface area contributed by atoms with Gasteiger partial charge in [-0.15, -0.1) is 0 Å². The van der Waals surface area contributed by atoms with Gasteiger partial charge in [-0.1, -0.05) is 52.7 Å². The number of hydrogen-bond donors (Lipinski definition) is 0. The molecule has 0 aromatic heterocycles. The highest BCUT2D eigenvalue weighted by Gasteiger charge is 2.47. The monoisotopic (exact) mass is 440 g/mol. The van der Waals surface area contributed by atoms with Gasteiger partial charge in [-0.3, -0.25) is 9.59 Å². The van der Waals surface area contributed by atoms with Crippen LogP contribution in [0.25, 0.3) is 0 Å². The van der Waals surface area contributed by atoms with Gasteiger partial charge in [-0.25, -0.2) is 0 Å². The highest BCUT2D eigenvalue weighted by atomic mass is 79.9. The van der Waals surface area contributed by atoms with Crippen LogP contribution in [0.1, 0.15) is 41.6 Å². The summed E-state index contributed by atoms with van der Waals surface area (Å²) in [5, 5.41) is 0. The normalized spacial score (nSPS) is 18.9. The van der Waals surface area contributed by atoms with E-state index in [1.807, 2.05) is 52.3 Å². The Morgan fingerprint density at radius 3 is 2.07 bits per heavy atom. The fourth-order valence-corrected chi connectivity index (χ4v) is 4.58. The maximum Gasteiger partial charge on any atom is 0.253 e. The lowest BCUT2D eigenvalue weighted by molar-refractivity contribution is -0.140. The van der Waals surface area contributed by atoms with Crippen LogP contribution in [0.2, 0.25) is 0 Å². The van der Waals surface area contributed by atoms with E-state index < -0.39 is 0 Å². The van der Waals surface area contributed by atoms with Gasteiger partial charge >= 0.3 is 0 Å². The summed E-state index contributed by atoms with van der Waals surface area (Å²) in [4.78, 5) is 30.1. The summed E-state index contributed by atoms with van der Waals surface area (Å²) in [5.74, 6) is 0.288. The maximum absolute atomic E-state index is 13.5. The first kappa shape index (κ1) is 19.2. The molecule has 1 saturated heterocycles. The third-order valence-corrected chi connectivity index (χ3v) is 6.63. The van der Waals surface area contributed by atoms with Crippen molar-refractivity contribution < 1.29 is 9.59 Å². The second kappa shape index (κ2) is 8.08. The predicted molar refractivity (Wildman–Crippen MR) is 113 cm³/mol. The van der Waals surface area contributed by atoms with E-state index in [9.17, 15) is 9.59 Å². The van der Waals surface area contributed by atoms with E-state index in [1.165, 1.54) is 0 Å². The lowest BCUT2D eigenvalue weighted by Crippen LogP contribution is -2.52. The fraction of sp³-hybridized carbons (Fsp3) is 0.391. The minimum absolute atomic E-state index is 0.0566. The third kappa shape index (κ3) is 3.60. The van der Waals surface area contributed by atoms with Gasteiger partial charge in [0.15, 0.2) is 0 Å². The molecule has 0 bridgehead atoms. The van der Waals surface area contributed by atoms with E-state index in [1.54, 1.807) is 0 Å². The van der Waals surface area contributed by atoms with Crippen molar-refractivity contribution >= 4 is 27.7 Å². The highest BCUT2D eigenvalue weighted by Crippen LogP contribution is 2.45. The molecular weight excluding hydrogens is 416 g/mol. The molecule has 0 atom stereocenters. The topological polar surface area (TPSA) is 40.6 Å². The smallest absolute Gasteiger partial charge is 0.253 e. The van der Waals surface area contributed by atoms with Gasteiger partial charge in [0.1, 0.15) is 0 Å². The summed E-state index contributed by atoms with van der Waals surface area (Å²) >= 11 is 3.48. The van der Waals surface area contributed by atoms with Gasteiger partial charge in [0.2, 0.25) is 5.91 Å². The van der Waals surface area contributed by atoms with Gasteiger partial charge < -0.3 is 9.80 Å². The summed E-state index contributed by atoms with van der Waals surface area (Å²) in [7, 11) is 0. The summed E-state index contributed by atoms with van der Waals surface area (Å²) in [5.41, 5.74) is 1.46. The molecule has 146 valence electrons. The van der Waals surface area contributed by atoms with Crippen molar-refractivity contribution in [3.63, 3.8) is 0 Å². The molecule has 1 aliphatic heterocycles. The Kier molecular flexibility index (Phi) is 5.54. The lowest BCUT2D eigenvalue weighted by Gasteiger charge is -2.44. The average Bonchev–Trinajstić information content (AvgIpc) is 2.95. The van der Waals surface area contributed by atoms with Crippen molar-refractivity contribution in [3.8, 4) is 0 Å². The summed E-state index contributed by atoms with van der Waals surface area (Å²) in [6, 6.07) is 17.6. The van der Waals surface area contributed by atoms with Crippen LogP contribution in [0.5, 0.6) is 0 Å². The number of halogens is 1. The molecule has 2 aliphatic rings. The SMILES string of the molecule is O=C(c1ccccc1)N1CCCN(C(=O)C2(c3ccc(Br)cc3)CCC2)CC1. The number of carbonyl (C=O) groups is 2. The molecule has 1 aliphatic carbocycles. The van der Waals surface area contributed by atoms with Crippen molar-refractivity contribution in [1.29, 1.82) is 0 Å². The molecule has 0 radical (unpaired) electrons. The van der Waals surface area contributed by atoms with E-state index in [0.717, 1.165) is 42.3 Å². The minimum atomic E-state index is -0.376. The quantitative estimate of drug-likeness (QED) is 0.715. The lowest BCUT2D eigenvalue weighted by atomic mass is 9.63. The molecule has 2 amide bonds. The molecule has 1 saturated carbocycles. The summed E-state index contributed by atoms with van der Waals surface area (Å²) in [6.07, 6.45) is 3.74. The molecule has 4 nitrogen and oxygen atoms in total. The van der Waals surface area contributed by atoms with Crippen LogP contribution in [0.4, 0.5) is 0 Å². The van der Waals surface area contributed by atoms with E-state index >= 15 is 0 Å². The standard InChI is InChI=1S/C23H25BrN2O2/c24-20-10-8-19(9-11-20)23(12-4-13-23)22(28)26-15-5-14-25(16-17-26)21(27)18-6-2-1-3-7-18/h1-3,6-11H,4-5,12-17H2. The highest BCUT2D eigenvalue weighted by molar-refractivity contribution is 9.10. The number of rotatable bonds is 3. The Hall–Kier alpha value is -2.14. The maximum atomic E-state index is 13.5.